The summed E-state index contributed by atoms with van der Waals surface area (Å²) in [6, 6.07) is 9.37. The van der Waals surface area contributed by atoms with Crippen LogP contribution in [-0.4, -0.2) is 35.4 Å². The van der Waals surface area contributed by atoms with Gasteiger partial charge in [0.15, 0.2) is 5.13 Å². The van der Waals surface area contributed by atoms with Crippen molar-refractivity contribution in [3.8, 4) is 16.9 Å². The van der Waals surface area contributed by atoms with Gasteiger partial charge in [0.05, 0.1) is 18.4 Å². The fourth-order valence-electron chi connectivity index (χ4n) is 3.12. The molecule has 3 aromatic rings. The van der Waals surface area contributed by atoms with E-state index in [4.69, 9.17) is 4.74 Å². The molecule has 0 aliphatic carbocycles. The lowest BCUT2D eigenvalue weighted by molar-refractivity contribution is 0.0949. The van der Waals surface area contributed by atoms with Crippen molar-refractivity contribution in [1.82, 2.24) is 15.3 Å². The first-order valence-corrected chi connectivity index (χ1v) is 9.57. The highest BCUT2D eigenvalue weighted by Gasteiger charge is 2.24. The topological polar surface area (TPSA) is 93.2 Å². The fourth-order valence-corrected chi connectivity index (χ4v) is 4.05. The van der Waals surface area contributed by atoms with Crippen molar-refractivity contribution in [2.45, 2.75) is 13.3 Å². The van der Waals surface area contributed by atoms with Gasteiger partial charge in [-0.05, 0) is 19.1 Å². The van der Waals surface area contributed by atoms with E-state index in [1.807, 2.05) is 37.3 Å². The van der Waals surface area contributed by atoms with E-state index in [1.54, 1.807) is 13.3 Å². The molecule has 4 rings (SSSR count). The molecule has 0 saturated carbocycles. The number of amides is 2. The van der Waals surface area contributed by atoms with Gasteiger partial charge in [-0.3, -0.25) is 19.9 Å². The molecule has 0 atom stereocenters. The molecule has 0 spiro atoms. The number of anilines is 1. The van der Waals surface area contributed by atoms with Crippen LogP contribution in [-0.2, 0) is 6.42 Å². The second kappa shape index (κ2) is 7.40. The molecule has 1 aliphatic heterocycles. The van der Waals surface area contributed by atoms with Crippen LogP contribution in [0.1, 0.15) is 31.4 Å². The van der Waals surface area contributed by atoms with Crippen molar-refractivity contribution >= 4 is 28.3 Å². The number of para-hydroxylation sites is 1. The number of pyridine rings is 1. The Hall–Kier alpha value is -3.26. The van der Waals surface area contributed by atoms with Gasteiger partial charge < -0.3 is 10.1 Å². The van der Waals surface area contributed by atoms with Gasteiger partial charge in [-0.15, -0.1) is 0 Å². The summed E-state index contributed by atoms with van der Waals surface area (Å²) in [6.07, 6.45) is 2.21. The summed E-state index contributed by atoms with van der Waals surface area (Å²) in [5.74, 6) is 0.189. The van der Waals surface area contributed by atoms with Crippen molar-refractivity contribution in [3.63, 3.8) is 0 Å². The van der Waals surface area contributed by atoms with Crippen LogP contribution in [0.4, 0.5) is 5.13 Å². The number of fused-ring (bicyclic) bond motifs is 1. The smallest absolute Gasteiger partial charge is 0.263 e. The minimum Gasteiger partial charge on any atom is -0.496 e. The Morgan fingerprint density at radius 1 is 1.29 bits per heavy atom. The van der Waals surface area contributed by atoms with Crippen molar-refractivity contribution < 1.29 is 14.3 Å². The number of hydrogen-bond acceptors (Lipinski definition) is 6. The Labute approximate surface area is 165 Å². The monoisotopic (exact) mass is 394 g/mol. The van der Waals surface area contributed by atoms with Gasteiger partial charge in [-0.2, -0.15) is 0 Å². The molecule has 8 heteroatoms. The normalized spacial score (nSPS) is 12.9. The van der Waals surface area contributed by atoms with Crippen LogP contribution >= 0.6 is 11.3 Å². The van der Waals surface area contributed by atoms with Gasteiger partial charge >= 0.3 is 0 Å². The highest BCUT2D eigenvalue weighted by Crippen LogP contribution is 2.33. The van der Waals surface area contributed by atoms with E-state index in [-0.39, 0.29) is 11.8 Å². The molecular weight excluding hydrogens is 376 g/mol. The first kappa shape index (κ1) is 18.1. The lowest BCUT2D eigenvalue weighted by Crippen LogP contribution is -2.30. The second-order valence-electron chi connectivity index (χ2n) is 6.33. The zero-order valence-electron chi connectivity index (χ0n) is 15.4. The SMILES string of the molecule is COc1ccccc1-c1cc(C)ncc1C(=O)Nc1nc2c(s1)C(=O)NCC2. The Kier molecular flexibility index (Phi) is 4.79. The van der Waals surface area contributed by atoms with Crippen LogP contribution in [0.15, 0.2) is 36.5 Å². The molecule has 2 amide bonds. The molecule has 0 bridgehead atoms. The number of benzene rings is 1. The molecule has 7 nitrogen and oxygen atoms in total. The summed E-state index contributed by atoms with van der Waals surface area (Å²) < 4.78 is 5.45. The molecule has 28 heavy (non-hydrogen) atoms. The van der Waals surface area contributed by atoms with Crippen LogP contribution in [0.2, 0.25) is 0 Å². The third-order valence-electron chi connectivity index (χ3n) is 4.45. The maximum atomic E-state index is 13.0. The number of nitrogens with zero attached hydrogens (tertiary/aromatic N) is 2. The number of methoxy groups -OCH3 is 1. The van der Waals surface area contributed by atoms with E-state index < -0.39 is 0 Å². The Bertz CT molecular complexity index is 1080. The lowest BCUT2D eigenvalue weighted by atomic mass is 9.99. The first-order valence-electron chi connectivity index (χ1n) is 8.76. The van der Waals surface area contributed by atoms with E-state index in [9.17, 15) is 9.59 Å². The number of carbonyl (C=O) groups excluding carboxylic acids is 2. The Balaban J connectivity index is 1.70. The molecule has 1 aliphatic rings. The van der Waals surface area contributed by atoms with Crippen molar-refractivity contribution in [1.29, 1.82) is 0 Å². The van der Waals surface area contributed by atoms with Gasteiger partial charge in [0.2, 0.25) is 0 Å². The predicted octanol–water partition coefficient (Wildman–Crippen LogP) is 3.06. The Morgan fingerprint density at radius 2 is 2.11 bits per heavy atom. The zero-order valence-corrected chi connectivity index (χ0v) is 16.2. The molecule has 0 unspecified atom stereocenters. The highest BCUT2D eigenvalue weighted by molar-refractivity contribution is 7.17. The molecule has 0 radical (unpaired) electrons. The number of thiazole rings is 1. The Morgan fingerprint density at radius 3 is 2.89 bits per heavy atom. The third-order valence-corrected chi connectivity index (χ3v) is 5.47. The fraction of sp³-hybridized carbons (Fsp3) is 0.200. The van der Waals surface area contributed by atoms with Crippen LogP contribution < -0.4 is 15.4 Å². The van der Waals surface area contributed by atoms with Gasteiger partial charge in [0.25, 0.3) is 11.8 Å². The summed E-state index contributed by atoms with van der Waals surface area (Å²) in [4.78, 5) is 34.1. The molecular formula is C20H18N4O3S. The number of ether oxygens (including phenoxy) is 1. The van der Waals surface area contributed by atoms with Gasteiger partial charge in [-0.1, -0.05) is 29.5 Å². The third kappa shape index (κ3) is 3.34. The van der Waals surface area contributed by atoms with Crippen molar-refractivity contribution in [2.24, 2.45) is 0 Å². The summed E-state index contributed by atoms with van der Waals surface area (Å²) in [5.41, 5.74) is 3.45. The summed E-state index contributed by atoms with van der Waals surface area (Å²) >= 11 is 1.18. The molecule has 142 valence electrons. The molecule has 0 fully saturated rings. The van der Waals surface area contributed by atoms with E-state index >= 15 is 0 Å². The van der Waals surface area contributed by atoms with E-state index in [0.717, 1.165) is 22.5 Å². The standard InChI is InChI=1S/C20H18N4O3S/c1-11-9-13(12-5-3-4-6-16(12)27-2)14(10-22-11)18(25)24-20-23-15-7-8-21-19(26)17(15)28-20/h3-6,9-10H,7-8H2,1-2H3,(H,21,26)(H,23,24,25). The number of hydrogen-bond donors (Lipinski definition) is 2. The van der Waals surface area contributed by atoms with Crippen LogP contribution in [0, 0.1) is 6.92 Å². The number of aromatic nitrogens is 2. The quantitative estimate of drug-likeness (QED) is 0.709. The van der Waals surface area contributed by atoms with Crippen LogP contribution in [0.5, 0.6) is 5.75 Å². The summed E-state index contributed by atoms with van der Waals surface area (Å²) in [6.45, 7) is 2.43. The van der Waals surface area contributed by atoms with Crippen LogP contribution in [0.25, 0.3) is 11.1 Å². The van der Waals surface area contributed by atoms with Gasteiger partial charge in [0.1, 0.15) is 10.6 Å². The molecule has 2 N–H and O–H groups in total. The van der Waals surface area contributed by atoms with E-state index in [1.165, 1.54) is 11.3 Å². The van der Waals surface area contributed by atoms with Crippen molar-refractivity contribution in [3.05, 3.63) is 58.4 Å². The minimum atomic E-state index is -0.333. The average molecular weight is 394 g/mol. The summed E-state index contributed by atoms with van der Waals surface area (Å²) in [5, 5.41) is 5.99. The number of rotatable bonds is 4. The number of aryl methyl sites for hydroxylation is 1. The average Bonchev–Trinajstić information content (AvgIpc) is 3.11. The largest absolute Gasteiger partial charge is 0.496 e. The van der Waals surface area contributed by atoms with Gasteiger partial charge in [-0.25, -0.2) is 4.98 Å². The molecule has 1 aromatic carbocycles. The van der Waals surface area contributed by atoms with E-state index in [2.05, 4.69) is 20.6 Å². The van der Waals surface area contributed by atoms with Crippen molar-refractivity contribution in [2.75, 3.05) is 19.0 Å². The van der Waals surface area contributed by atoms with Crippen LogP contribution in [0.3, 0.4) is 0 Å². The first-order chi connectivity index (χ1) is 13.6. The second-order valence-corrected chi connectivity index (χ2v) is 7.33. The predicted molar refractivity (Wildman–Crippen MR) is 107 cm³/mol. The molecule has 2 aromatic heterocycles. The maximum absolute atomic E-state index is 13.0. The highest BCUT2D eigenvalue weighted by atomic mass is 32.1. The number of nitrogens with one attached hydrogen (secondary N) is 2. The lowest BCUT2D eigenvalue weighted by Gasteiger charge is -2.13. The van der Waals surface area contributed by atoms with Gasteiger partial charge in [0, 0.05) is 36.0 Å². The number of carbonyl (C=O) groups is 2. The maximum Gasteiger partial charge on any atom is 0.263 e. The van der Waals surface area contributed by atoms with E-state index in [0.29, 0.717) is 34.3 Å². The minimum absolute atomic E-state index is 0.147. The molecule has 3 heterocycles. The molecule has 0 saturated heterocycles. The zero-order chi connectivity index (χ0) is 19.7. The summed E-state index contributed by atoms with van der Waals surface area (Å²) in [7, 11) is 1.59.